The molecule has 2 nitrogen and oxygen atoms in total. The molecule has 6 aliphatic rings. The molecule has 1 aromatic heterocycles. The van der Waals surface area contributed by atoms with Crippen molar-refractivity contribution in [2.24, 2.45) is 0 Å². The Kier molecular flexibility index (Phi) is 11.0. The minimum Gasteiger partial charge on any atom is -0.311 e. The van der Waals surface area contributed by atoms with Crippen LogP contribution in [0.3, 0.4) is 0 Å². The lowest BCUT2D eigenvalue weighted by atomic mass is 9.35. The van der Waals surface area contributed by atoms with E-state index in [1.807, 2.05) is 0 Å². The summed E-state index contributed by atoms with van der Waals surface area (Å²) in [6.45, 7) is 47.5. The highest BCUT2D eigenvalue weighted by Crippen LogP contribution is 2.59. The standard InChI is InChI=1S/C74H89BN2S/c1-66(2,3)45-37-58-63-59(38-45)77(56-28-27-49-62(61(56)44-23-21-20-22-24-44)74(18,19)36-35-68(49,6)7)57-42-53-52(71(12,13)32-33-72(53,14)15)41-55(57)75(63)65-64(47-40-51-54(43-60(47)78-65)73(16,17)34-31-70(51,10)11)76(58)46-25-26-48-50(39-46)69(8,9)30-29-67(48,4)5/h20-28,37-43H,29-36H2,1-19H3. The van der Waals surface area contributed by atoms with Gasteiger partial charge in [-0.15, -0.1) is 11.3 Å². The summed E-state index contributed by atoms with van der Waals surface area (Å²) in [6.07, 6.45) is 9.44. The minimum atomic E-state index is -0.141. The van der Waals surface area contributed by atoms with Crippen LogP contribution in [0.2, 0.25) is 0 Å². The second-order valence-corrected chi connectivity index (χ2v) is 33.1. The molecule has 0 unspecified atom stereocenters. The van der Waals surface area contributed by atoms with E-state index >= 15 is 0 Å². The molecule has 0 saturated carbocycles. The Morgan fingerprint density at radius 3 is 1.47 bits per heavy atom. The van der Waals surface area contributed by atoms with Gasteiger partial charge >= 0.3 is 0 Å². The summed E-state index contributed by atoms with van der Waals surface area (Å²) >= 11 is 2.10. The molecule has 3 heterocycles. The molecule has 7 aromatic rings. The third kappa shape index (κ3) is 7.51. The normalized spacial score (nSPS) is 21.9. The number of benzene rings is 6. The molecular weight excluding hydrogens is 960 g/mol. The molecule has 6 aromatic carbocycles. The number of thiophene rings is 1. The van der Waals surface area contributed by atoms with Crippen molar-refractivity contribution in [3.8, 4) is 11.1 Å². The van der Waals surface area contributed by atoms with Crippen LogP contribution in [-0.4, -0.2) is 6.71 Å². The molecule has 4 heteroatoms. The van der Waals surface area contributed by atoms with Gasteiger partial charge in [-0.05, 0) is 215 Å². The molecular formula is C74H89BN2S. The number of rotatable bonds is 3. The minimum absolute atomic E-state index is 0.0218. The molecule has 0 spiro atoms. The van der Waals surface area contributed by atoms with E-state index < -0.39 is 0 Å². The number of nitrogens with zero attached hydrogens (tertiary/aromatic N) is 2. The lowest BCUT2D eigenvalue weighted by Crippen LogP contribution is -2.61. The number of hydrogen-bond acceptors (Lipinski definition) is 3. The Bertz CT molecular complexity index is 3690. The SMILES string of the molecule is CC(C)(C)c1cc2c3c(c1)N(c1ccc4c(c1)C(C)(C)CCC4(C)C)c1c(sc4cc5c(cc14)C(C)(C)CCC5(C)C)B3c1cc3c(cc1N2c1ccc2c(c1-c1ccccc1)C(C)(C)CCC2(C)C)C(C)(C)CCC3(C)C. The number of fused-ring (bicyclic) bond motifs is 10. The van der Waals surface area contributed by atoms with E-state index in [9.17, 15) is 0 Å². The topological polar surface area (TPSA) is 6.48 Å². The molecule has 0 bridgehead atoms. The zero-order valence-corrected chi connectivity index (χ0v) is 52.1. The van der Waals surface area contributed by atoms with Crippen LogP contribution in [0.4, 0.5) is 34.1 Å². The first-order valence-corrected chi connectivity index (χ1v) is 31.0. The highest BCUT2D eigenvalue weighted by molar-refractivity contribution is 7.33. The summed E-state index contributed by atoms with van der Waals surface area (Å²) in [7, 11) is 0. The fraction of sp³-hybridized carbons (Fsp3) is 0.486. The Morgan fingerprint density at radius 1 is 0.423 bits per heavy atom. The molecule has 0 amide bonds. The zero-order valence-electron chi connectivity index (χ0n) is 51.3. The van der Waals surface area contributed by atoms with Crippen molar-refractivity contribution in [3.63, 3.8) is 0 Å². The number of hydrogen-bond donors (Lipinski definition) is 0. The molecule has 0 fully saturated rings. The quantitative estimate of drug-likeness (QED) is 0.163. The lowest BCUT2D eigenvalue weighted by molar-refractivity contribution is 0.332. The van der Waals surface area contributed by atoms with Crippen LogP contribution in [0.25, 0.3) is 21.2 Å². The van der Waals surface area contributed by atoms with Crippen molar-refractivity contribution in [1.29, 1.82) is 0 Å². The fourth-order valence-corrected chi connectivity index (χ4v) is 17.4. The largest absolute Gasteiger partial charge is 0.311 e. The van der Waals surface area contributed by atoms with E-state index in [1.165, 1.54) is 160 Å². The van der Waals surface area contributed by atoms with Crippen LogP contribution >= 0.6 is 11.3 Å². The van der Waals surface area contributed by atoms with Crippen molar-refractivity contribution in [2.75, 3.05) is 9.80 Å². The van der Waals surface area contributed by atoms with Gasteiger partial charge in [0.25, 0.3) is 6.71 Å². The maximum atomic E-state index is 2.83. The fourth-order valence-electron chi connectivity index (χ4n) is 16.1. The molecule has 0 radical (unpaired) electrons. The predicted octanol–water partition coefficient (Wildman–Crippen LogP) is 19.3. The van der Waals surface area contributed by atoms with Gasteiger partial charge in [-0.2, -0.15) is 0 Å². The van der Waals surface area contributed by atoms with Gasteiger partial charge in [0.15, 0.2) is 0 Å². The lowest BCUT2D eigenvalue weighted by Gasteiger charge is -2.49. The molecule has 4 aliphatic carbocycles. The van der Waals surface area contributed by atoms with Crippen LogP contribution in [0, 0.1) is 0 Å². The Labute approximate surface area is 474 Å². The maximum absolute atomic E-state index is 2.83. The second kappa shape index (κ2) is 16.3. The molecule has 2 aliphatic heterocycles. The summed E-state index contributed by atoms with van der Waals surface area (Å²) < 4.78 is 2.91. The Morgan fingerprint density at radius 2 is 0.897 bits per heavy atom. The molecule has 0 atom stereocenters. The van der Waals surface area contributed by atoms with Gasteiger partial charge in [0.05, 0.1) is 11.4 Å². The van der Waals surface area contributed by atoms with Crippen LogP contribution in [0.5, 0.6) is 0 Å². The Hall–Kier alpha value is -5.06. The summed E-state index contributed by atoms with van der Waals surface area (Å²) in [6, 6.07) is 40.6. The molecule has 0 saturated heterocycles. The van der Waals surface area contributed by atoms with Crippen molar-refractivity contribution in [2.45, 2.75) is 232 Å². The summed E-state index contributed by atoms with van der Waals surface area (Å²) in [5, 5.41) is 1.42. The van der Waals surface area contributed by atoms with E-state index in [4.69, 9.17) is 0 Å². The van der Waals surface area contributed by atoms with Gasteiger partial charge in [-0.1, -0.05) is 180 Å². The maximum Gasteiger partial charge on any atom is 0.264 e. The first-order chi connectivity index (χ1) is 36.2. The summed E-state index contributed by atoms with van der Waals surface area (Å²) in [4.78, 5) is 5.65. The molecule has 78 heavy (non-hydrogen) atoms. The highest BCUT2D eigenvalue weighted by atomic mass is 32.1. The van der Waals surface area contributed by atoms with Gasteiger partial charge in [0.2, 0.25) is 0 Å². The third-order valence-electron chi connectivity index (χ3n) is 21.8. The second-order valence-electron chi connectivity index (χ2n) is 32.0. The van der Waals surface area contributed by atoms with E-state index in [2.05, 4.69) is 250 Å². The number of anilines is 6. The Balaban J connectivity index is 1.22. The van der Waals surface area contributed by atoms with Gasteiger partial charge in [-0.3, -0.25) is 0 Å². The average molecular weight is 1050 g/mol. The van der Waals surface area contributed by atoms with Crippen molar-refractivity contribution in [3.05, 3.63) is 147 Å². The first kappa shape index (κ1) is 52.3. The summed E-state index contributed by atoms with van der Waals surface area (Å²) in [5.74, 6) is 0. The highest BCUT2D eigenvalue weighted by Gasteiger charge is 2.51. The van der Waals surface area contributed by atoms with E-state index in [0.717, 1.165) is 6.42 Å². The van der Waals surface area contributed by atoms with Gasteiger partial charge in [0, 0.05) is 43.2 Å². The monoisotopic (exact) mass is 1050 g/mol. The molecule has 13 rings (SSSR count). The first-order valence-electron chi connectivity index (χ1n) is 30.2. The molecule has 0 N–H and O–H groups in total. The van der Waals surface area contributed by atoms with E-state index in [0.29, 0.717) is 0 Å². The van der Waals surface area contributed by atoms with Gasteiger partial charge < -0.3 is 9.80 Å². The average Bonchev–Trinajstić information content (AvgIpc) is 2.24. The predicted molar refractivity (Wildman–Crippen MR) is 341 cm³/mol. The van der Waals surface area contributed by atoms with Crippen molar-refractivity contribution in [1.82, 2.24) is 0 Å². The third-order valence-corrected chi connectivity index (χ3v) is 23.0. The zero-order chi connectivity index (χ0) is 55.6. The van der Waals surface area contributed by atoms with Crippen molar-refractivity contribution >= 4 is 78.0 Å². The van der Waals surface area contributed by atoms with Crippen molar-refractivity contribution < 1.29 is 0 Å². The van der Waals surface area contributed by atoms with Crippen LogP contribution in [0.1, 0.15) is 233 Å². The van der Waals surface area contributed by atoms with E-state index in [-0.39, 0.29) is 55.4 Å². The van der Waals surface area contributed by atoms with Gasteiger partial charge in [0.1, 0.15) is 0 Å². The smallest absolute Gasteiger partial charge is 0.264 e. The van der Waals surface area contributed by atoms with Crippen LogP contribution in [0.15, 0.2) is 97.1 Å². The van der Waals surface area contributed by atoms with E-state index in [1.54, 1.807) is 5.56 Å². The van der Waals surface area contributed by atoms with Gasteiger partial charge in [-0.25, -0.2) is 0 Å². The van der Waals surface area contributed by atoms with Crippen LogP contribution in [-0.2, 0) is 48.7 Å². The van der Waals surface area contributed by atoms with Crippen LogP contribution < -0.4 is 25.5 Å². The summed E-state index contributed by atoms with van der Waals surface area (Å²) in [5.41, 5.74) is 27.5. The molecule has 404 valence electrons.